The van der Waals surface area contributed by atoms with Crippen LogP contribution in [0.15, 0.2) is 24.5 Å². The van der Waals surface area contributed by atoms with Crippen molar-refractivity contribution < 1.29 is 9.53 Å². The first-order chi connectivity index (χ1) is 11.6. The molecule has 0 saturated carbocycles. The fraction of sp³-hybridized carbons (Fsp3) is 0.412. The van der Waals surface area contributed by atoms with Crippen molar-refractivity contribution in [1.29, 1.82) is 0 Å². The summed E-state index contributed by atoms with van der Waals surface area (Å²) in [6, 6.07) is 3.50. The molecule has 2 heterocycles. The van der Waals surface area contributed by atoms with Crippen LogP contribution in [0.5, 0.6) is 5.88 Å². The summed E-state index contributed by atoms with van der Waals surface area (Å²) in [7, 11) is 5.36. The maximum absolute atomic E-state index is 12.5. The second-order valence-corrected chi connectivity index (χ2v) is 6.01. The van der Waals surface area contributed by atoms with Crippen molar-refractivity contribution in [2.24, 2.45) is 0 Å². The maximum Gasteiger partial charge on any atom is 0.256 e. The molecule has 2 aromatic heterocycles. The van der Waals surface area contributed by atoms with Crippen molar-refractivity contribution in [3.8, 4) is 5.88 Å². The van der Waals surface area contributed by atoms with Crippen LogP contribution >= 0.6 is 0 Å². The van der Waals surface area contributed by atoms with E-state index in [0.717, 1.165) is 36.5 Å². The molecule has 24 heavy (non-hydrogen) atoms. The van der Waals surface area contributed by atoms with E-state index in [0.29, 0.717) is 11.4 Å². The number of anilines is 1. The van der Waals surface area contributed by atoms with Gasteiger partial charge < -0.3 is 15.0 Å². The number of aromatic nitrogens is 3. The highest BCUT2D eigenvalue weighted by Gasteiger charge is 2.24. The van der Waals surface area contributed by atoms with Gasteiger partial charge in [-0.15, -0.1) is 0 Å². The van der Waals surface area contributed by atoms with E-state index in [2.05, 4.69) is 20.3 Å². The van der Waals surface area contributed by atoms with E-state index in [4.69, 9.17) is 4.74 Å². The minimum absolute atomic E-state index is 0.0590. The summed E-state index contributed by atoms with van der Waals surface area (Å²) in [5.74, 6) is 0.890. The fourth-order valence-electron chi connectivity index (χ4n) is 2.83. The SMILES string of the molecule is COc1ncccc1C(=O)N[C@H]1CCc2nc(N(C)C)ncc2C1. The number of ether oxygens (including phenoxy) is 1. The average molecular weight is 327 g/mol. The molecule has 126 valence electrons. The Morgan fingerprint density at radius 1 is 1.38 bits per heavy atom. The Morgan fingerprint density at radius 3 is 2.96 bits per heavy atom. The van der Waals surface area contributed by atoms with Crippen molar-refractivity contribution in [2.75, 3.05) is 26.1 Å². The van der Waals surface area contributed by atoms with Crippen molar-refractivity contribution in [2.45, 2.75) is 25.3 Å². The summed E-state index contributed by atoms with van der Waals surface area (Å²) in [6.07, 6.45) is 5.88. The zero-order chi connectivity index (χ0) is 17.1. The van der Waals surface area contributed by atoms with Crippen LogP contribution in [-0.2, 0) is 12.8 Å². The molecule has 3 rings (SSSR count). The second-order valence-electron chi connectivity index (χ2n) is 6.01. The van der Waals surface area contributed by atoms with Crippen molar-refractivity contribution in [3.63, 3.8) is 0 Å². The van der Waals surface area contributed by atoms with Gasteiger partial charge in [0.2, 0.25) is 11.8 Å². The molecular formula is C17H21N5O2. The van der Waals surface area contributed by atoms with Crippen LogP contribution in [0.3, 0.4) is 0 Å². The zero-order valence-corrected chi connectivity index (χ0v) is 14.1. The number of hydrogen-bond acceptors (Lipinski definition) is 6. The van der Waals surface area contributed by atoms with Crippen LogP contribution in [-0.4, -0.2) is 48.1 Å². The lowest BCUT2D eigenvalue weighted by molar-refractivity contribution is 0.0929. The monoisotopic (exact) mass is 327 g/mol. The molecular weight excluding hydrogens is 306 g/mol. The van der Waals surface area contributed by atoms with E-state index in [1.807, 2.05) is 25.2 Å². The van der Waals surface area contributed by atoms with Gasteiger partial charge in [-0.2, -0.15) is 0 Å². The normalized spacial score (nSPS) is 16.2. The Labute approximate surface area is 141 Å². The number of amides is 1. The zero-order valence-electron chi connectivity index (χ0n) is 14.1. The number of aryl methyl sites for hydroxylation is 1. The van der Waals surface area contributed by atoms with Crippen LogP contribution in [0.25, 0.3) is 0 Å². The first-order valence-electron chi connectivity index (χ1n) is 7.90. The van der Waals surface area contributed by atoms with Crippen molar-refractivity contribution in [3.05, 3.63) is 41.3 Å². The van der Waals surface area contributed by atoms with Gasteiger partial charge in [0, 0.05) is 38.2 Å². The second kappa shape index (κ2) is 6.82. The number of nitrogens with one attached hydrogen (secondary N) is 1. The summed E-state index contributed by atoms with van der Waals surface area (Å²) in [6.45, 7) is 0. The van der Waals surface area contributed by atoms with Crippen LogP contribution in [0.2, 0.25) is 0 Å². The number of nitrogens with zero attached hydrogens (tertiary/aromatic N) is 4. The number of rotatable bonds is 4. The Hall–Kier alpha value is -2.70. The van der Waals surface area contributed by atoms with Gasteiger partial charge in [-0.25, -0.2) is 15.0 Å². The molecule has 0 bridgehead atoms. The number of methoxy groups -OCH3 is 1. The lowest BCUT2D eigenvalue weighted by Crippen LogP contribution is -2.39. The third kappa shape index (κ3) is 3.29. The molecule has 1 aliphatic carbocycles. The van der Waals surface area contributed by atoms with E-state index in [1.54, 1.807) is 18.3 Å². The topological polar surface area (TPSA) is 80.2 Å². The first kappa shape index (κ1) is 16.2. The third-order valence-electron chi connectivity index (χ3n) is 4.08. The van der Waals surface area contributed by atoms with E-state index in [1.165, 1.54) is 7.11 Å². The van der Waals surface area contributed by atoms with Gasteiger partial charge in [-0.3, -0.25) is 4.79 Å². The number of pyridine rings is 1. The predicted molar refractivity (Wildman–Crippen MR) is 90.4 cm³/mol. The van der Waals surface area contributed by atoms with Gasteiger partial charge in [-0.05, 0) is 37.0 Å². The minimum atomic E-state index is -0.167. The minimum Gasteiger partial charge on any atom is -0.480 e. The molecule has 7 nitrogen and oxygen atoms in total. The predicted octanol–water partition coefficient (Wildman–Crippen LogP) is 1.23. The number of hydrogen-bond donors (Lipinski definition) is 1. The lowest BCUT2D eigenvalue weighted by atomic mass is 9.92. The van der Waals surface area contributed by atoms with Gasteiger partial charge in [0.15, 0.2) is 0 Å². The Balaban J connectivity index is 1.71. The number of carbonyl (C=O) groups excluding carboxylic acids is 1. The molecule has 0 aliphatic heterocycles. The van der Waals surface area contributed by atoms with Gasteiger partial charge in [0.25, 0.3) is 5.91 Å². The molecule has 1 atom stereocenters. The molecule has 7 heteroatoms. The average Bonchev–Trinajstić information content (AvgIpc) is 2.61. The summed E-state index contributed by atoms with van der Waals surface area (Å²) >= 11 is 0. The van der Waals surface area contributed by atoms with Crippen LogP contribution < -0.4 is 15.0 Å². The summed E-state index contributed by atoms with van der Waals surface area (Å²) in [4.78, 5) is 27.4. The summed E-state index contributed by atoms with van der Waals surface area (Å²) < 4.78 is 5.15. The Kier molecular flexibility index (Phi) is 4.59. The van der Waals surface area contributed by atoms with E-state index < -0.39 is 0 Å². The van der Waals surface area contributed by atoms with Crippen LogP contribution in [0.4, 0.5) is 5.95 Å². The summed E-state index contributed by atoms with van der Waals surface area (Å²) in [5, 5.41) is 3.06. The van der Waals surface area contributed by atoms with Crippen LogP contribution in [0.1, 0.15) is 28.0 Å². The van der Waals surface area contributed by atoms with Crippen molar-refractivity contribution in [1.82, 2.24) is 20.3 Å². The molecule has 1 aliphatic rings. The van der Waals surface area contributed by atoms with Crippen LogP contribution in [0, 0.1) is 0 Å². The molecule has 1 N–H and O–H groups in total. The fourth-order valence-corrected chi connectivity index (χ4v) is 2.83. The molecule has 1 amide bonds. The van der Waals surface area contributed by atoms with Gasteiger partial charge in [-0.1, -0.05) is 0 Å². The smallest absolute Gasteiger partial charge is 0.256 e. The largest absolute Gasteiger partial charge is 0.480 e. The molecule has 0 fully saturated rings. The first-order valence-corrected chi connectivity index (χ1v) is 7.90. The Bertz CT molecular complexity index is 748. The highest BCUT2D eigenvalue weighted by molar-refractivity contribution is 5.96. The number of carbonyl (C=O) groups is 1. The van der Waals surface area contributed by atoms with Gasteiger partial charge >= 0.3 is 0 Å². The van der Waals surface area contributed by atoms with Crippen molar-refractivity contribution >= 4 is 11.9 Å². The molecule has 0 spiro atoms. The summed E-state index contributed by atoms with van der Waals surface area (Å²) in [5.41, 5.74) is 2.61. The third-order valence-corrected chi connectivity index (χ3v) is 4.08. The Morgan fingerprint density at radius 2 is 2.21 bits per heavy atom. The standard InChI is InChI=1S/C17H21N5O2/c1-22(2)17-19-10-11-9-12(6-7-14(11)21-17)20-15(23)13-5-4-8-18-16(13)24-3/h4-5,8,10,12H,6-7,9H2,1-3H3,(H,20,23)/t12-/m0/s1. The molecule has 0 saturated heterocycles. The molecule has 2 aromatic rings. The van der Waals surface area contributed by atoms with Gasteiger partial charge in [0.1, 0.15) is 5.56 Å². The molecule has 0 unspecified atom stereocenters. The molecule has 0 aromatic carbocycles. The van der Waals surface area contributed by atoms with E-state index in [-0.39, 0.29) is 11.9 Å². The lowest BCUT2D eigenvalue weighted by Gasteiger charge is -2.25. The highest BCUT2D eigenvalue weighted by atomic mass is 16.5. The van der Waals surface area contributed by atoms with E-state index in [9.17, 15) is 4.79 Å². The highest BCUT2D eigenvalue weighted by Crippen LogP contribution is 2.22. The maximum atomic E-state index is 12.5. The van der Waals surface area contributed by atoms with E-state index >= 15 is 0 Å². The number of fused-ring (bicyclic) bond motifs is 1. The van der Waals surface area contributed by atoms with Gasteiger partial charge in [0.05, 0.1) is 7.11 Å². The molecule has 0 radical (unpaired) electrons. The quantitative estimate of drug-likeness (QED) is 0.910.